The molecular weight excluding hydrogens is 278 g/mol. The van der Waals surface area contributed by atoms with Crippen LogP contribution in [0.5, 0.6) is 5.75 Å². The van der Waals surface area contributed by atoms with Crippen LogP contribution in [-0.4, -0.2) is 36.8 Å². The number of carbonyl (C=O) groups excluding carboxylic acids is 1. The molecular formula is C18H25NO3. The maximum Gasteiger partial charge on any atom is 0.409 e. The summed E-state index contributed by atoms with van der Waals surface area (Å²) in [4.78, 5) is 13.7. The quantitative estimate of drug-likeness (QED) is 0.848. The third-order valence-electron chi connectivity index (χ3n) is 4.98. The number of para-hydroxylation sites is 1. The van der Waals surface area contributed by atoms with Gasteiger partial charge in [0.1, 0.15) is 11.4 Å². The lowest BCUT2D eigenvalue weighted by Gasteiger charge is -2.39. The smallest absolute Gasteiger partial charge is 0.409 e. The number of likely N-dealkylation sites (N-methyl/N-ethyl adjacent to an activating group) is 1. The van der Waals surface area contributed by atoms with Gasteiger partial charge in [0, 0.05) is 25.1 Å². The molecule has 0 aromatic heterocycles. The van der Waals surface area contributed by atoms with Crippen molar-refractivity contribution < 1.29 is 14.3 Å². The predicted octanol–water partition coefficient (Wildman–Crippen LogP) is 3.95. The van der Waals surface area contributed by atoms with Crippen molar-refractivity contribution in [2.45, 2.75) is 50.5 Å². The molecule has 0 N–H and O–H groups in total. The Bertz CT molecular complexity index is 537. The number of carbonyl (C=O) groups is 1. The number of fused-ring (bicyclic) bond motifs is 1. The fourth-order valence-corrected chi connectivity index (χ4v) is 3.88. The summed E-state index contributed by atoms with van der Waals surface area (Å²) < 4.78 is 11.5. The van der Waals surface area contributed by atoms with Gasteiger partial charge in [-0.05, 0) is 38.7 Å². The zero-order valence-corrected chi connectivity index (χ0v) is 13.5. The average molecular weight is 303 g/mol. The average Bonchev–Trinajstić information content (AvgIpc) is 2.81. The second-order valence-electron chi connectivity index (χ2n) is 6.40. The molecule has 22 heavy (non-hydrogen) atoms. The standard InChI is InChI=1S/C18H25NO3/c1-3-21-17(20)19(2)13-15-14-9-5-6-10-16(14)22-18(15)11-7-4-8-12-18/h5-6,9-10,15H,3-4,7-8,11-13H2,1-2H3. The van der Waals surface area contributed by atoms with Crippen molar-refractivity contribution in [1.82, 2.24) is 4.90 Å². The molecule has 0 saturated heterocycles. The number of ether oxygens (including phenoxy) is 2. The van der Waals surface area contributed by atoms with Gasteiger partial charge in [0.25, 0.3) is 0 Å². The van der Waals surface area contributed by atoms with Crippen LogP contribution in [0.2, 0.25) is 0 Å². The van der Waals surface area contributed by atoms with Crippen LogP contribution in [0.4, 0.5) is 4.79 Å². The van der Waals surface area contributed by atoms with Crippen molar-refractivity contribution in [2.24, 2.45) is 0 Å². The number of nitrogens with zero attached hydrogens (tertiary/aromatic N) is 1. The second-order valence-corrected chi connectivity index (χ2v) is 6.40. The van der Waals surface area contributed by atoms with Gasteiger partial charge in [-0.25, -0.2) is 4.79 Å². The minimum Gasteiger partial charge on any atom is -0.486 e. The first-order chi connectivity index (χ1) is 10.7. The summed E-state index contributed by atoms with van der Waals surface area (Å²) in [7, 11) is 1.81. The van der Waals surface area contributed by atoms with Gasteiger partial charge in [-0.15, -0.1) is 0 Å². The molecule has 1 heterocycles. The summed E-state index contributed by atoms with van der Waals surface area (Å²) >= 11 is 0. The lowest BCUT2D eigenvalue weighted by Crippen LogP contribution is -2.45. The van der Waals surface area contributed by atoms with Crippen molar-refractivity contribution in [3.05, 3.63) is 29.8 Å². The second kappa shape index (κ2) is 6.19. The Labute approximate surface area is 132 Å². The first-order valence-electron chi connectivity index (χ1n) is 8.32. The number of hydrogen-bond donors (Lipinski definition) is 0. The predicted molar refractivity (Wildman–Crippen MR) is 85.3 cm³/mol. The number of benzene rings is 1. The van der Waals surface area contributed by atoms with E-state index in [-0.39, 0.29) is 17.6 Å². The van der Waals surface area contributed by atoms with Crippen LogP contribution < -0.4 is 4.74 Å². The van der Waals surface area contributed by atoms with Crippen molar-refractivity contribution in [3.8, 4) is 5.75 Å². The first-order valence-corrected chi connectivity index (χ1v) is 8.32. The van der Waals surface area contributed by atoms with Gasteiger partial charge < -0.3 is 14.4 Å². The molecule has 1 fully saturated rings. The molecule has 1 aromatic rings. The zero-order chi connectivity index (χ0) is 15.6. The molecule has 1 aliphatic carbocycles. The fourth-order valence-electron chi connectivity index (χ4n) is 3.88. The molecule has 2 aliphatic rings. The molecule has 4 nitrogen and oxygen atoms in total. The highest BCUT2D eigenvalue weighted by Crippen LogP contribution is 2.51. The highest BCUT2D eigenvalue weighted by atomic mass is 16.6. The minimum absolute atomic E-state index is 0.136. The van der Waals surface area contributed by atoms with Gasteiger partial charge in [-0.3, -0.25) is 0 Å². The Morgan fingerprint density at radius 3 is 2.77 bits per heavy atom. The van der Waals surface area contributed by atoms with E-state index in [2.05, 4.69) is 18.2 Å². The first kappa shape index (κ1) is 15.2. The van der Waals surface area contributed by atoms with Crippen molar-refractivity contribution in [2.75, 3.05) is 20.2 Å². The third-order valence-corrected chi connectivity index (χ3v) is 4.98. The van der Waals surface area contributed by atoms with Gasteiger partial charge >= 0.3 is 6.09 Å². The van der Waals surface area contributed by atoms with E-state index in [9.17, 15) is 4.79 Å². The fraction of sp³-hybridized carbons (Fsp3) is 0.611. The zero-order valence-electron chi connectivity index (χ0n) is 13.5. The summed E-state index contributed by atoms with van der Waals surface area (Å²) in [5.74, 6) is 1.23. The summed E-state index contributed by atoms with van der Waals surface area (Å²) in [5, 5.41) is 0. The molecule has 3 rings (SSSR count). The van der Waals surface area contributed by atoms with E-state index in [1.807, 2.05) is 20.0 Å². The Kier molecular flexibility index (Phi) is 4.27. The third kappa shape index (κ3) is 2.67. The van der Waals surface area contributed by atoms with E-state index < -0.39 is 0 Å². The highest BCUT2D eigenvalue weighted by Gasteiger charge is 2.49. The van der Waals surface area contributed by atoms with Crippen LogP contribution in [0, 0.1) is 0 Å². The minimum atomic E-state index is -0.252. The highest BCUT2D eigenvalue weighted by molar-refractivity contribution is 5.67. The van der Waals surface area contributed by atoms with Crippen molar-refractivity contribution >= 4 is 6.09 Å². The Morgan fingerprint density at radius 2 is 2.05 bits per heavy atom. The van der Waals surface area contributed by atoms with Crippen LogP contribution >= 0.6 is 0 Å². The molecule has 1 unspecified atom stereocenters. The van der Waals surface area contributed by atoms with Gasteiger partial charge in [0.05, 0.1) is 6.61 Å². The summed E-state index contributed by atoms with van der Waals surface area (Å²) in [6.07, 6.45) is 5.58. The lowest BCUT2D eigenvalue weighted by molar-refractivity contribution is 0.0190. The summed E-state index contributed by atoms with van der Waals surface area (Å²) in [5.41, 5.74) is 1.10. The summed E-state index contributed by atoms with van der Waals surface area (Å²) in [6, 6.07) is 8.27. The van der Waals surface area contributed by atoms with Crippen LogP contribution in [-0.2, 0) is 4.74 Å². The van der Waals surface area contributed by atoms with Gasteiger partial charge in [-0.1, -0.05) is 24.6 Å². The Morgan fingerprint density at radius 1 is 1.32 bits per heavy atom. The van der Waals surface area contributed by atoms with Gasteiger partial charge in [-0.2, -0.15) is 0 Å². The van der Waals surface area contributed by atoms with Crippen molar-refractivity contribution in [3.63, 3.8) is 0 Å². The Balaban J connectivity index is 1.85. The van der Waals surface area contributed by atoms with E-state index in [0.29, 0.717) is 13.2 Å². The maximum absolute atomic E-state index is 12.0. The van der Waals surface area contributed by atoms with Crippen LogP contribution in [0.25, 0.3) is 0 Å². The van der Waals surface area contributed by atoms with E-state index in [1.165, 1.54) is 24.8 Å². The molecule has 0 radical (unpaired) electrons. The SMILES string of the molecule is CCOC(=O)N(C)CC1c2ccccc2OC12CCCCC2. The number of rotatable bonds is 3. The van der Waals surface area contributed by atoms with Crippen LogP contribution in [0.1, 0.15) is 50.5 Å². The molecule has 4 heteroatoms. The molecule has 1 atom stereocenters. The summed E-state index contributed by atoms with van der Waals surface area (Å²) in [6.45, 7) is 2.89. The van der Waals surface area contributed by atoms with Gasteiger partial charge in [0.15, 0.2) is 0 Å². The number of amides is 1. The monoisotopic (exact) mass is 303 g/mol. The van der Waals surface area contributed by atoms with Crippen LogP contribution in [0.15, 0.2) is 24.3 Å². The molecule has 1 spiro atoms. The molecule has 0 bridgehead atoms. The molecule has 120 valence electrons. The van der Waals surface area contributed by atoms with E-state index in [1.54, 1.807) is 4.90 Å². The lowest BCUT2D eigenvalue weighted by atomic mass is 9.74. The topological polar surface area (TPSA) is 38.8 Å². The molecule has 1 aromatic carbocycles. The molecule has 1 amide bonds. The Hall–Kier alpha value is -1.71. The van der Waals surface area contributed by atoms with Crippen molar-refractivity contribution in [1.29, 1.82) is 0 Å². The van der Waals surface area contributed by atoms with Crippen LogP contribution in [0.3, 0.4) is 0 Å². The number of hydrogen-bond acceptors (Lipinski definition) is 3. The molecule has 1 saturated carbocycles. The van der Waals surface area contributed by atoms with Gasteiger partial charge in [0.2, 0.25) is 0 Å². The molecule has 1 aliphatic heterocycles. The van der Waals surface area contributed by atoms with E-state index in [4.69, 9.17) is 9.47 Å². The van der Waals surface area contributed by atoms with E-state index >= 15 is 0 Å². The largest absolute Gasteiger partial charge is 0.486 e. The maximum atomic E-state index is 12.0. The normalized spacial score (nSPS) is 22.0. The van der Waals surface area contributed by atoms with E-state index in [0.717, 1.165) is 18.6 Å².